The van der Waals surface area contributed by atoms with Gasteiger partial charge in [0.1, 0.15) is 0 Å². The Balaban J connectivity index is 1.68. The van der Waals surface area contributed by atoms with Crippen molar-refractivity contribution in [2.75, 3.05) is 11.9 Å². The summed E-state index contributed by atoms with van der Waals surface area (Å²) in [6, 6.07) is 7.46. The van der Waals surface area contributed by atoms with Crippen LogP contribution in [0.3, 0.4) is 0 Å². The van der Waals surface area contributed by atoms with Crippen molar-refractivity contribution >= 4 is 40.2 Å². The molecule has 0 unspecified atom stereocenters. The van der Waals surface area contributed by atoms with E-state index in [2.05, 4.69) is 24.8 Å². The molecule has 0 atom stereocenters. The van der Waals surface area contributed by atoms with Crippen molar-refractivity contribution in [2.45, 2.75) is 38.6 Å². The standard InChI is InChI=1S/C19H20ClN5O2/c1-2-27-18(26)12-6-5-7-13(10-12)22-16-15-17(24-19(20)23-16)25(11-21-15)14-8-3-4-9-14/h5-7,10-11,14H,2-4,8-9H2,1H3,(H,22,23,24). The summed E-state index contributed by atoms with van der Waals surface area (Å²) in [7, 11) is 0. The zero-order valence-corrected chi connectivity index (χ0v) is 15.7. The third kappa shape index (κ3) is 3.60. The van der Waals surface area contributed by atoms with Gasteiger partial charge in [0.25, 0.3) is 0 Å². The van der Waals surface area contributed by atoms with Crippen LogP contribution in [0.25, 0.3) is 11.2 Å². The van der Waals surface area contributed by atoms with Crippen LogP contribution < -0.4 is 5.32 Å². The summed E-state index contributed by atoms with van der Waals surface area (Å²) in [5.74, 6) is 0.153. The highest BCUT2D eigenvalue weighted by Gasteiger charge is 2.21. The van der Waals surface area contributed by atoms with E-state index in [1.54, 1.807) is 25.1 Å². The fourth-order valence-corrected chi connectivity index (χ4v) is 3.67. The highest BCUT2D eigenvalue weighted by molar-refractivity contribution is 6.28. The van der Waals surface area contributed by atoms with Gasteiger partial charge in [0.2, 0.25) is 5.28 Å². The quantitative estimate of drug-likeness (QED) is 0.513. The number of aromatic nitrogens is 4. The number of halogens is 1. The molecule has 2 heterocycles. The van der Waals surface area contributed by atoms with Gasteiger partial charge in [0.15, 0.2) is 17.0 Å². The van der Waals surface area contributed by atoms with Gasteiger partial charge in [-0.25, -0.2) is 9.78 Å². The first-order valence-corrected chi connectivity index (χ1v) is 9.48. The molecule has 7 nitrogen and oxygen atoms in total. The van der Waals surface area contributed by atoms with Gasteiger partial charge in [-0.2, -0.15) is 9.97 Å². The Bertz CT molecular complexity index is 981. The fraction of sp³-hybridized carbons (Fsp3) is 0.368. The molecule has 1 aliphatic carbocycles. The Morgan fingerprint density at radius 3 is 2.93 bits per heavy atom. The van der Waals surface area contributed by atoms with Crippen LogP contribution in [0.4, 0.5) is 11.5 Å². The van der Waals surface area contributed by atoms with E-state index in [0.29, 0.717) is 35.2 Å². The van der Waals surface area contributed by atoms with Crippen molar-refractivity contribution < 1.29 is 9.53 Å². The number of ether oxygens (including phenoxy) is 1. The zero-order valence-electron chi connectivity index (χ0n) is 15.0. The number of benzene rings is 1. The minimum atomic E-state index is -0.363. The third-order valence-electron chi connectivity index (χ3n) is 4.75. The molecule has 140 valence electrons. The van der Waals surface area contributed by atoms with Gasteiger partial charge in [0.05, 0.1) is 18.5 Å². The molecule has 1 N–H and O–H groups in total. The van der Waals surface area contributed by atoms with Crippen molar-refractivity contribution in [3.8, 4) is 0 Å². The Morgan fingerprint density at radius 1 is 1.33 bits per heavy atom. The Kier molecular flexibility index (Phi) is 4.94. The number of nitrogens with one attached hydrogen (secondary N) is 1. The van der Waals surface area contributed by atoms with Gasteiger partial charge in [-0.15, -0.1) is 0 Å². The monoisotopic (exact) mass is 385 g/mol. The minimum absolute atomic E-state index is 0.159. The molecule has 27 heavy (non-hydrogen) atoms. The number of rotatable bonds is 5. The first-order valence-electron chi connectivity index (χ1n) is 9.10. The lowest BCUT2D eigenvalue weighted by atomic mass is 10.2. The van der Waals surface area contributed by atoms with Crippen LogP contribution in [0.2, 0.25) is 5.28 Å². The number of anilines is 2. The van der Waals surface area contributed by atoms with E-state index < -0.39 is 0 Å². The van der Waals surface area contributed by atoms with Crippen LogP contribution >= 0.6 is 11.6 Å². The molecule has 2 aromatic heterocycles. The van der Waals surface area contributed by atoms with Crippen LogP contribution in [0.5, 0.6) is 0 Å². The highest BCUT2D eigenvalue weighted by atomic mass is 35.5. The number of carbonyl (C=O) groups is 1. The molecule has 8 heteroatoms. The topological polar surface area (TPSA) is 81.9 Å². The number of esters is 1. The molecule has 0 bridgehead atoms. The van der Waals surface area contributed by atoms with Crippen LogP contribution in [0.15, 0.2) is 30.6 Å². The lowest BCUT2D eigenvalue weighted by molar-refractivity contribution is 0.0526. The predicted octanol–water partition coefficient (Wildman–Crippen LogP) is 4.52. The van der Waals surface area contributed by atoms with E-state index in [4.69, 9.17) is 16.3 Å². The first-order chi connectivity index (χ1) is 13.2. The summed E-state index contributed by atoms with van der Waals surface area (Å²) < 4.78 is 7.15. The normalized spacial score (nSPS) is 14.6. The van der Waals surface area contributed by atoms with Crippen LogP contribution in [0.1, 0.15) is 49.0 Å². The van der Waals surface area contributed by atoms with E-state index in [0.717, 1.165) is 18.5 Å². The maximum Gasteiger partial charge on any atom is 0.338 e. The van der Waals surface area contributed by atoms with E-state index in [-0.39, 0.29) is 11.3 Å². The highest BCUT2D eigenvalue weighted by Crippen LogP contribution is 2.33. The van der Waals surface area contributed by atoms with Crippen LogP contribution in [0, 0.1) is 0 Å². The van der Waals surface area contributed by atoms with Gasteiger partial charge in [-0.1, -0.05) is 18.9 Å². The van der Waals surface area contributed by atoms with Crippen molar-refractivity contribution in [3.05, 3.63) is 41.4 Å². The number of nitrogens with zero attached hydrogens (tertiary/aromatic N) is 4. The predicted molar refractivity (Wildman–Crippen MR) is 104 cm³/mol. The van der Waals surface area contributed by atoms with Crippen LogP contribution in [-0.2, 0) is 4.74 Å². The second-order valence-corrected chi connectivity index (χ2v) is 6.87. The maximum absolute atomic E-state index is 12.0. The molecule has 1 aliphatic rings. The minimum Gasteiger partial charge on any atom is -0.462 e. The Morgan fingerprint density at radius 2 is 2.15 bits per heavy atom. The summed E-state index contributed by atoms with van der Waals surface area (Å²) in [5, 5.41) is 3.37. The number of hydrogen-bond acceptors (Lipinski definition) is 6. The molecular formula is C19H20ClN5O2. The fourth-order valence-electron chi connectivity index (χ4n) is 3.50. The second kappa shape index (κ2) is 7.52. The number of imidazole rings is 1. The molecule has 0 aliphatic heterocycles. The summed E-state index contributed by atoms with van der Waals surface area (Å²) in [5.41, 5.74) is 2.56. The average Bonchev–Trinajstić information content (AvgIpc) is 3.31. The number of carbonyl (C=O) groups excluding carboxylic acids is 1. The van der Waals surface area contributed by atoms with E-state index in [1.807, 2.05) is 12.4 Å². The maximum atomic E-state index is 12.0. The summed E-state index contributed by atoms with van der Waals surface area (Å²) in [4.78, 5) is 25.2. The van der Waals surface area contributed by atoms with Gasteiger partial charge in [-0.05, 0) is 49.6 Å². The molecule has 0 radical (unpaired) electrons. The third-order valence-corrected chi connectivity index (χ3v) is 4.92. The molecule has 1 saturated carbocycles. The van der Waals surface area contributed by atoms with E-state index in [9.17, 15) is 4.79 Å². The molecule has 0 spiro atoms. The van der Waals surface area contributed by atoms with Crippen molar-refractivity contribution in [1.82, 2.24) is 19.5 Å². The summed E-state index contributed by atoms with van der Waals surface area (Å²) in [6.45, 7) is 2.11. The van der Waals surface area contributed by atoms with Gasteiger partial charge >= 0.3 is 5.97 Å². The average molecular weight is 386 g/mol. The lowest BCUT2D eigenvalue weighted by Gasteiger charge is -2.12. The largest absolute Gasteiger partial charge is 0.462 e. The number of fused-ring (bicyclic) bond motifs is 1. The first kappa shape index (κ1) is 17.7. The van der Waals surface area contributed by atoms with Crippen molar-refractivity contribution in [1.29, 1.82) is 0 Å². The number of hydrogen-bond donors (Lipinski definition) is 1. The molecule has 1 fully saturated rings. The van der Waals surface area contributed by atoms with Gasteiger partial charge < -0.3 is 14.6 Å². The molecule has 0 amide bonds. The summed E-state index contributed by atoms with van der Waals surface area (Å²) >= 11 is 6.17. The Hall–Kier alpha value is -2.67. The smallest absolute Gasteiger partial charge is 0.338 e. The van der Waals surface area contributed by atoms with Crippen molar-refractivity contribution in [2.24, 2.45) is 0 Å². The molecule has 1 aromatic carbocycles. The zero-order chi connectivity index (χ0) is 18.8. The van der Waals surface area contributed by atoms with Gasteiger partial charge in [-0.3, -0.25) is 0 Å². The lowest BCUT2D eigenvalue weighted by Crippen LogP contribution is -2.06. The second-order valence-electron chi connectivity index (χ2n) is 6.53. The molecule has 3 aromatic rings. The SMILES string of the molecule is CCOC(=O)c1cccc(Nc2nc(Cl)nc3c2ncn3C2CCCC2)c1. The molecular weight excluding hydrogens is 366 g/mol. The molecule has 0 saturated heterocycles. The van der Waals surface area contributed by atoms with E-state index in [1.165, 1.54) is 12.8 Å². The molecule has 4 rings (SSSR count). The van der Waals surface area contributed by atoms with E-state index >= 15 is 0 Å². The Labute approximate surface area is 161 Å². The summed E-state index contributed by atoms with van der Waals surface area (Å²) in [6.07, 6.45) is 6.49. The van der Waals surface area contributed by atoms with Crippen LogP contribution in [-0.4, -0.2) is 32.1 Å². The van der Waals surface area contributed by atoms with Gasteiger partial charge in [0, 0.05) is 11.7 Å². The van der Waals surface area contributed by atoms with Crippen molar-refractivity contribution in [3.63, 3.8) is 0 Å².